The van der Waals surface area contributed by atoms with Gasteiger partial charge in [-0.1, -0.05) is 6.92 Å². The fraction of sp³-hybridized carbons (Fsp3) is 0.571. The predicted octanol–water partition coefficient (Wildman–Crippen LogP) is 4.06. The van der Waals surface area contributed by atoms with Crippen molar-refractivity contribution in [2.24, 2.45) is 0 Å². The predicted molar refractivity (Wildman–Crippen MR) is 110 cm³/mol. The minimum Gasteiger partial charge on any atom is -0.449 e. The molecule has 2 heterocycles. The number of likely N-dealkylation sites (tertiary alicyclic amines) is 1. The number of aryl methyl sites for hydroxylation is 2. The molecule has 1 aromatic carbocycles. The molecule has 1 amide bonds. The Hall–Kier alpha value is -1.86. The highest BCUT2D eigenvalue weighted by Gasteiger charge is 2.32. The van der Waals surface area contributed by atoms with Gasteiger partial charge in [-0.05, 0) is 71.1 Å². The number of furan rings is 1. The molecule has 1 saturated heterocycles. The first-order valence-electron chi connectivity index (χ1n) is 9.85. The third-order valence-corrected chi connectivity index (χ3v) is 7.69. The highest BCUT2D eigenvalue weighted by atomic mass is 32.2. The zero-order valence-electron chi connectivity index (χ0n) is 17.6. The second-order valence-corrected chi connectivity index (χ2v) is 10.0. The van der Waals surface area contributed by atoms with Crippen LogP contribution in [0.3, 0.4) is 0 Å². The first-order chi connectivity index (χ1) is 13.0. The van der Waals surface area contributed by atoms with E-state index < -0.39 is 15.6 Å². The average Bonchev–Trinajstić information content (AvgIpc) is 3.23. The van der Waals surface area contributed by atoms with Crippen LogP contribution in [-0.4, -0.2) is 37.9 Å². The van der Waals surface area contributed by atoms with Crippen LogP contribution in [0.4, 0.5) is 0 Å². The van der Waals surface area contributed by atoms with Crippen molar-refractivity contribution in [3.05, 3.63) is 28.5 Å². The van der Waals surface area contributed by atoms with E-state index in [1.165, 1.54) is 0 Å². The van der Waals surface area contributed by atoms with Crippen LogP contribution in [0.2, 0.25) is 0 Å². The number of rotatable bonds is 5. The summed E-state index contributed by atoms with van der Waals surface area (Å²) < 4.78 is 35.3. The molecule has 154 valence electrons. The SMILES string of the molecule is CCC(C)(C)NS(=O)(=O)c1c(C)c(C)cc2c(C)c(C(=O)N3CCCC3)oc12. The van der Waals surface area contributed by atoms with Gasteiger partial charge in [0.2, 0.25) is 10.0 Å². The highest BCUT2D eigenvalue weighted by molar-refractivity contribution is 7.89. The third kappa shape index (κ3) is 3.57. The second-order valence-electron chi connectivity index (χ2n) is 8.42. The van der Waals surface area contributed by atoms with Gasteiger partial charge in [0.15, 0.2) is 11.3 Å². The Kier molecular flexibility index (Phi) is 5.36. The number of carbonyl (C=O) groups excluding carboxylic acids is 1. The molecule has 1 N–H and O–H groups in total. The van der Waals surface area contributed by atoms with Crippen molar-refractivity contribution < 1.29 is 17.6 Å². The van der Waals surface area contributed by atoms with Gasteiger partial charge in [0, 0.05) is 29.6 Å². The lowest BCUT2D eigenvalue weighted by molar-refractivity contribution is 0.0762. The van der Waals surface area contributed by atoms with Crippen molar-refractivity contribution in [1.29, 1.82) is 0 Å². The molecule has 0 aliphatic carbocycles. The fourth-order valence-electron chi connectivity index (χ4n) is 3.62. The Morgan fingerprint density at radius 1 is 1.18 bits per heavy atom. The van der Waals surface area contributed by atoms with E-state index >= 15 is 0 Å². The second kappa shape index (κ2) is 7.19. The van der Waals surface area contributed by atoms with E-state index in [2.05, 4.69) is 4.72 Å². The summed E-state index contributed by atoms with van der Waals surface area (Å²) in [5.74, 6) is 0.0832. The van der Waals surface area contributed by atoms with Gasteiger partial charge >= 0.3 is 0 Å². The standard InChI is InChI=1S/C21H30N2O4S/c1-7-21(5,6)22-28(25,26)19-14(3)13(2)12-16-15(4)17(27-18(16)19)20(24)23-10-8-9-11-23/h12,22H,7-11H2,1-6H3. The van der Waals surface area contributed by atoms with E-state index in [-0.39, 0.29) is 22.1 Å². The lowest BCUT2D eigenvalue weighted by Crippen LogP contribution is -2.42. The van der Waals surface area contributed by atoms with E-state index in [0.29, 0.717) is 36.0 Å². The average molecular weight is 407 g/mol. The normalized spacial score (nSPS) is 15.6. The summed E-state index contributed by atoms with van der Waals surface area (Å²) in [5.41, 5.74) is 1.87. The molecule has 7 heteroatoms. The maximum absolute atomic E-state index is 13.3. The molecule has 0 radical (unpaired) electrons. The van der Waals surface area contributed by atoms with Crippen molar-refractivity contribution in [3.8, 4) is 0 Å². The maximum atomic E-state index is 13.3. The number of amides is 1. The monoisotopic (exact) mass is 406 g/mol. The van der Waals surface area contributed by atoms with Crippen molar-refractivity contribution >= 4 is 26.9 Å². The molecule has 0 unspecified atom stereocenters. The summed E-state index contributed by atoms with van der Waals surface area (Å²) >= 11 is 0. The van der Waals surface area contributed by atoms with Gasteiger partial charge < -0.3 is 9.32 Å². The number of benzene rings is 1. The summed E-state index contributed by atoms with van der Waals surface area (Å²) in [6, 6.07) is 1.91. The van der Waals surface area contributed by atoms with Crippen LogP contribution < -0.4 is 4.72 Å². The molecular formula is C21H30N2O4S. The third-order valence-electron chi connectivity index (χ3n) is 5.84. The molecule has 1 aromatic heterocycles. The van der Waals surface area contributed by atoms with E-state index in [1.54, 1.807) is 11.8 Å². The number of sulfonamides is 1. The van der Waals surface area contributed by atoms with Gasteiger partial charge in [0.1, 0.15) is 4.90 Å². The smallest absolute Gasteiger partial charge is 0.289 e. The van der Waals surface area contributed by atoms with Gasteiger partial charge in [-0.2, -0.15) is 0 Å². The summed E-state index contributed by atoms with van der Waals surface area (Å²) in [6.45, 7) is 12.5. The minimum atomic E-state index is -3.83. The number of nitrogens with zero attached hydrogens (tertiary/aromatic N) is 1. The topological polar surface area (TPSA) is 79.6 Å². The van der Waals surface area contributed by atoms with Gasteiger partial charge in [0.25, 0.3) is 5.91 Å². The number of nitrogens with one attached hydrogen (secondary N) is 1. The van der Waals surface area contributed by atoms with Gasteiger partial charge in [-0.15, -0.1) is 0 Å². The van der Waals surface area contributed by atoms with Crippen LogP contribution in [-0.2, 0) is 10.0 Å². The maximum Gasteiger partial charge on any atom is 0.289 e. The molecule has 28 heavy (non-hydrogen) atoms. The molecule has 6 nitrogen and oxygen atoms in total. The van der Waals surface area contributed by atoms with Crippen LogP contribution in [0.25, 0.3) is 11.0 Å². The Labute approximate surface area is 167 Å². The number of fused-ring (bicyclic) bond motifs is 1. The number of hydrogen-bond donors (Lipinski definition) is 1. The van der Waals surface area contributed by atoms with Crippen molar-refractivity contribution in [1.82, 2.24) is 9.62 Å². The minimum absolute atomic E-state index is 0.132. The highest BCUT2D eigenvalue weighted by Crippen LogP contribution is 2.36. The van der Waals surface area contributed by atoms with Gasteiger partial charge in [0.05, 0.1) is 0 Å². The van der Waals surface area contributed by atoms with Crippen LogP contribution in [0.1, 0.15) is 67.3 Å². The van der Waals surface area contributed by atoms with E-state index in [4.69, 9.17) is 4.42 Å². The molecule has 1 fully saturated rings. The molecule has 0 saturated carbocycles. The molecule has 0 atom stereocenters. The molecule has 0 bridgehead atoms. The van der Waals surface area contributed by atoms with Crippen molar-refractivity contribution in [2.45, 2.75) is 71.2 Å². The Morgan fingerprint density at radius 3 is 2.36 bits per heavy atom. The lowest BCUT2D eigenvalue weighted by atomic mass is 10.0. The Morgan fingerprint density at radius 2 is 1.79 bits per heavy atom. The van der Waals surface area contributed by atoms with Crippen LogP contribution in [0, 0.1) is 20.8 Å². The summed E-state index contributed by atoms with van der Waals surface area (Å²) in [5, 5.41) is 0.681. The zero-order valence-corrected chi connectivity index (χ0v) is 18.4. The fourth-order valence-corrected chi connectivity index (χ4v) is 5.55. The Balaban J connectivity index is 2.21. The van der Waals surface area contributed by atoms with Gasteiger partial charge in [-0.25, -0.2) is 13.1 Å². The van der Waals surface area contributed by atoms with E-state index in [0.717, 1.165) is 18.4 Å². The van der Waals surface area contributed by atoms with E-state index in [9.17, 15) is 13.2 Å². The van der Waals surface area contributed by atoms with Crippen LogP contribution in [0.5, 0.6) is 0 Å². The molecule has 0 spiro atoms. The number of carbonyl (C=O) groups is 1. The molecule has 2 aromatic rings. The van der Waals surface area contributed by atoms with Crippen LogP contribution >= 0.6 is 0 Å². The lowest BCUT2D eigenvalue weighted by Gasteiger charge is -2.25. The number of hydrogen-bond acceptors (Lipinski definition) is 4. The van der Waals surface area contributed by atoms with Gasteiger partial charge in [-0.3, -0.25) is 4.79 Å². The first kappa shape index (κ1) is 20.9. The van der Waals surface area contributed by atoms with Crippen molar-refractivity contribution in [2.75, 3.05) is 13.1 Å². The molecule has 1 aliphatic heterocycles. The summed E-state index contributed by atoms with van der Waals surface area (Å²) in [6.07, 6.45) is 2.62. The first-order valence-corrected chi connectivity index (χ1v) is 11.3. The summed E-state index contributed by atoms with van der Waals surface area (Å²) in [4.78, 5) is 14.8. The van der Waals surface area contributed by atoms with Crippen LogP contribution in [0.15, 0.2) is 15.4 Å². The quantitative estimate of drug-likeness (QED) is 0.812. The Bertz CT molecular complexity index is 1030. The largest absolute Gasteiger partial charge is 0.449 e. The zero-order chi connectivity index (χ0) is 20.9. The van der Waals surface area contributed by atoms with Crippen molar-refractivity contribution in [3.63, 3.8) is 0 Å². The molecule has 1 aliphatic rings. The molecular weight excluding hydrogens is 376 g/mol. The summed E-state index contributed by atoms with van der Waals surface area (Å²) in [7, 11) is -3.83. The molecule has 3 rings (SSSR count). The van der Waals surface area contributed by atoms with E-state index in [1.807, 2.05) is 40.7 Å².